The molecule has 0 aromatic carbocycles. The molecule has 202 valence electrons. The van der Waals surface area contributed by atoms with Gasteiger partial charge in [-0.1, -0.05) is 78.8 Å². The number of nitrogens with zero attached hydrogens (tertiary/aromatic N) is 2. The van der Waals surface area contributed by atoms with Gasteiger partial charge in [0.1, 0.15) is 10.8 Å². The number of aromatic nitrogens is 1. The van der Waals surface area contributed by atoms with E-state index in [4.69, 9.17) is 0 Å². The Hall–Kier alpha value is -2.19. The van der Waals surface area contributed by atoms with Crippen LogP contribution in [0.15, 0.2) is 54.2 Å². The Morgan fingerprint density at radius 3 is 1.78 bits per heavy atom. The quantitative estimate of drug-likeness (QED) is 0.211. The predicted molar refractivity (Wildman–Crippen MR) is 154 cm³/mol. The van der Waals surface area contributed by atoms with Gasteiger partial charge < -0.3 is 0 Å². The summed E-state index contributed by atoms with van der Waals surface area (Å²) < 4.78 is 0. The minimum Gasteiger partial charge on any atom is -0.299 e. The zero-order valence-corrected chi connectivity index (χ0v) is 25.2. The Labute approximate surface area is 226 Å². The monoisotopic (exact) mass is 536 g/mol. The van der Waals surface area contributed by atoms with Crippen LogP contribution in [0.2, 0.25) is 0 Å². The Balaban J connectivity index is 0. The van der Waals surface area contributed by atoms with Gasteiger partial charge >= 0.3 is 0 Å². The van der Waals surface area contributed by atoms with Crippen LogP contribution in [-0.4, -0.2) is 44.6 Å². The first-order chi connectivity index (χ1) is 16.6. The van der Waals surface area contributed by atoms with Gasteiger partial charge in [-0.25, -0.2) is 4.98 Å². The van der Waals surface area contributed by atoms with Crippen molar-refractivity contribution < 1.29 is 19.2 Å². The van der Waals surface area contributed by atoms with Crippen molar-refractivity contribution >= 4 is 45.0 Å². The van der Waals surface area contributed by atoms with E-state index in [1.165, 1.54) is 23.1 Å². The van der Waals surface area contributed by atoms with E-state index in [0.717, 1.165) is 5.03 Å². The second kappa shape index (κ2) is 19.0. The molecule has 36 heavy (non-hydrogen) atoms. The summed E-state index contributed by atoms with van der Waals surface area (Å²) in [6.07, 6.45) is 6.42. The van der Waals surface area contributed by atoms with Crippen molar-refractivity contribution in [2.24, 2.45) is 11.3 Å². The molecule has 0 fully saturated rings. The third-order valence-electron chi connectivity index (χ3n) is 4.25. The van der Waals surface area contributed by atoms with Gasteiger partial charge in [0.25, 0.3) is 11.8 Å². The molecule has 1 aromatic heterocycles. The summed E-state index contributed by atoms with van der Waals surface area (Å²) in [4.78, 5) is 48.3. The number of rotatable bonds is 7. The van der Waals surface area contributed by atoms with E-state index in [-0.39, 0.29) is 35.0 Å². The number of amides is 2. The molecule has 2 heterocycles. The van der Waals surface area contributed by atoms with E-state index in [1.54, 1.807) is 10.8 Å². The first kappa shape index (κ1) is 36.0. The zero-order chi connectivity index (χ0) is 28.5. The van der Waals surface area contributed by atoms with Crippen molar-refractivity contribution in [3.8, 4) is 0 Å². The summed E-state index contributed by atoms with van der Waals surface area (Å²) in [5.74, 6) is 0.134. The van der Waals surface area contributed by atoms with E-state index in [0.29, 0.717) is 17.5 Å². The van der Waals surface area contributed by atoms with Crippen molar-refractivity contribution in [1.82, 2.24) is 9.88 Å². The van der Waals surface area contributed by atoms with Gasteiger partial charge in [0.15, 0.2) is 5.78 Å². The molecule has 0 radical (unpaired) electrons. The molecule has 1 aliphatic heterocycles. The van der Waals surface area contributed by atoms with Gasteiger partial charge in [-0.3, -0.25) is 24.1 Å². The maximum atomic E-state index is 10.8. The summed E-state index contributed by atoms with van der Waals surface area (Å²) in [5.41, 5.74) is -0.130. The minimum absolute atomic E-state index is 0.0324. The van der Waals surface area contributed by atoms with Gasteiger partial charge in [-0.15, -0.1) is 0 Å². The summed E-state index contributed by atoms with van der Waals surface area (Å²) >= 11 is 0. The lowest BCUT2D eigenvalue weighted by atomic mass is 9.90. The van der Waals surface area contributed by atoms with Gasteiger partial charge in [-0.2, -0.15) is 0 Å². The van der Waals surface area contributed by atoms with E-state index in [9.17, 15) is 19.2 Å². The third-order valence-corrected chi connectivity index (χ3v) is 7.10. The average Bonchev–Trinajstić information content (AvgIpc) is 3.15. The number of imide groups is 1. The molecule has 0 unspecified atom stereocenters. The normalized spacial score (nSPS) is 12.4. The van der Waals surface area contributed by atoms with Gasteiger partial charge in [0.05, 0.1) is 0 Å². The number of carbonyl (C=O) groups excluding carboxylic acids is 4. The van der Waals surface area contributed by atoms with Crippen LogP contribution in [-0.2, 0) is 19.2 Å². The van der Waals surface area contributed by atoms with Crippen molar-refractivity contribution in [1.29, 1.82) is 0 Å². The lowest BCUT2D eigenvalue weighted by Crippen LogP contribution is -2.36. The van der Waals surface area contributed by atoms with Crippen LogP contribution >= 0.6 is 21.6 Å². The lowest BCUT2D eigenvalue weighted by molar-refractivity contribution is -0.138. The molecule has 2 rings (SSSR count). The number of allylic oxidation sites excluding steroid dienone is 1. The van der Waals surface area contributed by atoms with Crippen LogP contribution in [0.4, 0.5) is 0 Å². The van der Waals surface area contributed by atoms with E-state index >= 15 is 0 Å². The first-order valence-corrected chi connectivity index (χ1v) is 14.3. The molecule has 0 atom stereocenters. The number of hydrogen-bond donors (Lipinski definition) is 0. The van der Waals surface area contributed by atoms with Crippen molar-refractivity contribution in [2.45, 2.75) is 92.0 Å². The molecule has 0 spiro atoms. The van der Waals surface area contributed by atoms with E-state index in [1.807, 2.05) is 90.6 Å². The van der Waals surface area contributed by atoms with E-state index < -0.39 is 0 Å². The summed E-state index contributed by atoms with van der Waals surface area (Å²) in [6, 6.07) is 5.94. The van der Waals surface area contributed by atoms with Crippen LogP contribution in [0, 0.1) is 11.3 Å². The molecule has 1 aromatic rings. The maximum Gasteiger partial charge on any atom is 0.253 e. The van der Waals surface area contributed by atoms with Crippen LogP contribution in [0.5, 0.6) is 0 Å². The average molecular weight is 537 g/mol. The molecule has 1 aliphatic rings. The Morgan fingerprint density at radius 2 is 1.56 bits per heavy atom. The molecule has 0 bridgehead atoms. The topological polar surface area (TPSA) is 84.4 Å². The van der Waals surface area contributed by atoms with Gasteiger partial charge in [0, 0.05) is 47.4 Å². The lowest BCUT2D eigenvalue weighted by Gasteiger charge is -2.17. The number of ketones is 2. The molecular weight excluding hydrogens is 492 g/mol. The van der Waals surface area contributed by atoms with Crippen LogP contribution in [0.25, 0.3) is 0 Å². The fraction of sp³-hybridized carbons (Fsp3) is 0.536. The highest BCUT2D eigenvalue weighted by Gasteiger charge is 2.25. The largest absolute Gasteiger partial charge is 0.299 e. The Kier molecular flexibility index (Phi) is 19.0. The summed E-state index contributed by atoms with van der Waals surface area (Å²) in [7, 11) is 3.57. The SMILES string of the molecule is C=CC(=O)C(C)C.CC(C)N1C(=O)C=CC1=O.CC(C)SSc1ccccn1.CCC(=O)C(C)(C)C. The molecule has 6 nitrogen and oxygen atoms in total. The standard InChI is InChI=1S/C8H11NS2.C7H9NO2.C7H14O.C6H10O/c1-7(2)10-11-8-5-3-4-6-9-8;1-5(2)8-6(9)3-4-7(8)10;1-5-6(8)7(2,3)4;1-4-6(7)5(2)3/h3-7H,1-2H3;3-5H,1-2H3;5H2,1-4H3;4-5H,1H2,2-3H3. The Morgan fingerprint density at radius 1 is 1.03 bits per heavy atom. The fourth-order valence-corrected chi connectivity index (χ4v) is 3.93. The number of carbonyl (C=O) groups is 4. The Bertz CT molecular complexity index is 840. The molecule has 0 N–H and O–H groups in total. The predicted octanol–water partition coefficient (Wildman–Crippen LogP) is 6.96. The number of pyridine rings is 1. The molecule has 8 heteroatoms. The van der Waals surface area contributed by atoms with Crippen molar-refractivity contribution in [3.05, 3.63) is 49.2 Å². The third kappa shape index (κ3) is 17.3. The highest BCUT2D eigenvalue weighted by Crippen LogP contribution is 2.32. The van der Waals surface area contributed by atoms with E-state index in [2.05, 4.69) is 25.4 Å². The van der Waals surface area contributed by atoms with Gasteiger partial charge in [-0.05, 0) is 42.9 Å². The highest BCUT2D eigenvalue weighted by molar-refractivity contribution is 8.76. The van der Waals surface area contributed by atoms with Crippen molar-refractivity contribution in [2.75, 3.05) is 0 Å². The van der Waals surface area contributed by atoms with Crippen molar-refractivity contribution in [3.63, 3.8) is 0 Å². The highest BCUT2D eigenvalue weighted by atomic mass is 33.1. The first-order valence-electron chi connectivity index (χ1n) is 12.1. The molecule has 0 saturated heterocycles. The maximum absolute atomic E-state index is 10.8. The molecule has 2 amide bonds. The second-order valence-corrected chi connectivity index (χ2v) is 12.5. The smallest absolute Gasteiger partial charge is 0.253 e. The van der Waals surface area contributed by atoms with Crippen LogP contribution in [0.3, 0.4) is 0 Å². The number of Topliss-reactive ketones (excluding diaryl/α,β-unsaturated/α-hetero) is 1. The van der Waals surface area contributed by atoms with Crippen LogP contribution in [0.1, 0.15) is 75.7 Å². The zero-order valence-electron chi connectivity index (χ0n) is 23.5. The second-order valence-electron chi connectivity index (χ2n) is 9.66. The number of hydrogen-bond acceptors (Lipinski definition) is 7. The van der Waals surface area contributed by atoms with Crippen LogP contribution < -0.4 is 0 Å². The summed E-state index contributed by atoms with van der Waals surface area (Å²) in [5, 5.41) is 1.74. The minimum atomic E-state index is -0.208. The molecule has 0 aliphatic carbocycles. The fourth-order valence-electron chi connectivity index (χ4n) is 2.23. The van der Waals surface area contributed by atoms with Gasteiger partial charge in [0.2, 0.25) is 0 Å². The molecular formula is C28H44N2O4S2. The molecule has 0 saturated carbocycles. The summed E-state index contributed by atoms with van der Waals surface area (Å²) in [6.45, 7) is 22.7.